The Labute approximate surface area is 115 Å². The lowest BCUT2D eigenvalue weighted by atomic mass is 9.82. The number of nitrogens with zero attached hydrogens (tertiary/aromatic N) is 1. The van der Waals surface area contributed by atoms with Crippen LogP contribution in [0.1, 0.15) is 18.0 Å². The van der Waals surface area contributed by atoms with Crippen LogP contribution in [0.15, 0.2) is 34.4 Å². The lowest BCUT2D eigenvalue weighted by molar-refractivity contribution is 0.258. The Bertz CT molecular complexity index is 659. The number of fused-ring (bicyclic) bond motifs is 4. The van der Waals surface area contributed by atoms with Crippen molar-refractivity contribution >= 4 is 11.3 Å². The van der Waals surface area contributed by atoms with Crippen LogP contribution in [0.2, 0.25) is 0 Å². The molecule has 2 aromatic rings. The number of nitrogens with one attached hydrogen (secondary N) is 1. The molecule has 3 nitrogen and oxygen atoms in total. The maximum atomic E-state index is 12.2. The van der Waals surface area contributed by atoms with Crippen molar-refractivity contribution < 1.29 is 0 Å². The third-order valence-corrected chi connectivity index (χ3v) is 5.18. The highest BCUT2D eigenvalue weighted by Crippen LogP contribution is 2.38. The Balaban J connectivity index is 1.95. The Hall–Kier alpha value is -1.39. The zero-order chi connectivity index (χ0) is 12.8. The molecule has 2 bridgehead atoms. The minimum absolute atomic E-state index is 0.159. The Morgan fingerprint density at radius 1 is 1.26 bits per heavy atom. The number of hydrogen-bond donors (Lipinski definition) is 1. The van der Waals surface area contributed by atoms with Gasteiger partial charge in [-0.05, 0) is 36.4 Å². The van der Waals surface area contributed by atoms with Gasteiger partial charge in [0, 0.05) is 41.2 Å². The van der Waals surface area contributed by atoms with E-state index in [1.54, 1.807) is 17.4 Å². The molecule has 98 valence electrons. The monoisotopic (exact) mass is 272 g/mol. The molecule has 1 fully saturated rings. The maximum Gasteiger partial charge on any atom is 0.250 e. The maximum absolute atomic E-state index is 12.2. The van der Waals surface area contributed by atoms with Gasteiger partial charge in [-0.2, -0.15) is 0 Å². The summed E-state index contributed by atoms with van der Waals surface area (Å²) in [6, 6.07) is 7.96. The molecule has 0 saturated carbocycles. The van der Waals surface area contributed by atoms with Gasteiger partial charge >= 0.3 is 0 Å². The van der Waals surface area contributed by atoms with Crippen LogP contribution in [0, 0.1) is 5.92 Å². The highest BCUT2D eigenvalue weighted by atomic mass is 32.1. The Morgan fingerprint density at radius 3 is 3.05 bits per heavy atom. The molecule has 0 aromatic carbocycles. The second kappa shape index (κ2) is 4.32. The summed E-state index contributed by atoms with van der Waals surface area (Å²) in [6.45, 7) is 2.92. The van der Waals surface area contributed by atoms with E-state index in [2.05, 4.69) is 22.8 Å². The molecule has 4 heteroatoms. The fourth-order valence-corrected chi connectivity index (χ4v) is 4.26. The summed E-state index contributed by atoms with van der Waals surface area (Å²) in [5.74, 6) is 1.10. The average molecular weight is 272 g/mol. The van der Waals surface area contributed by atoms with E-state index in [0.717, 1.165) is 19.6 Å². The molecule has 19 heavy (non-hydrogen) atoms. The van der Waals surface area contributed by atoms with E-state index in [1.807, 2.05) is 10.6 Å². The Kier molecular flexibility index (Phi) is 2.60. The number of thiophene rings is 1. The molecule has 2 unspecified atom stereocenters. The number of piperidine rings is 1. The Morgan fingerprint density at radius 2 is 2.21 bits per heavy atom. The normalized spacial score (nSPS) is 25.1. The molecular formula is C15H16N2OS. The summed E-state index contributed by atoms with van der Waals surface area (Å²) in [7, 11) is 0. The van der Waals surface area contributed by atoms with E-state index in [4.69, 9.17) is 0 Å². The van der Waals surface area contributed by atoms with Crippen LogP contribution < -0.4 is 10.9 Å². The SMILES string of the molecule is O=c1ccc(-c2cccs2)c2n1CC1CNCC2C1. The smallest absolute Gasteiger partial charge is 0.250 e. The number of aromatic nitrogens is 1. The zero-order valence-corrected chi connectivity index (χ0v) is 11.5. The van der Waals surface area contributed by atoms with E-state index in [-0.39, 0.29) is 5.56 Å². The summed E-state index contributed by atoms with van der Waals surface area (Å²) in [4.78, 5) is 13.4. The number of hydrogen-bond acceptors (Lipinski definition) is 3. The largest absolute Gasteiger partial charge is 0.316 e. The summed E-state index contributed by atoms with van der Waals surface area (Å²) in [6.07, 6.45) is 1.22. The van der Waals surface area contributed by atoms with Crippen LogP contribution >= 0.6 is 11.3 Å². The van der Waals surface area contributed by atoms with Crippen LogP contribution in [0.5, 0.6) is 0 Å². The van der Waals surface area contributed by atoms with Gasteiger partial charge in [0.2, 0.25) is 0 Å². The minimum atomic E-state index is 0.159. The van der Waals surface area contributed by atoms with Crippen LogP contribution in [-0.4, -0.2) is 17.7 Å². The van der Waals surface area contributed by atoms with Crippen molar-refractivity contribution in [1.82, 2.24) is 9.88 Å². The fourth-order valence-electron chi connectivity index (χ4n) is 3.50. The van der Waals surface area contributed by atoms with Gasteiger partial charge in [0.25, 0.3) is 5.56 Å². The van der Waals surface area contributed by atoms with Crippen molar-refractivity contribution in [3.63, 3.8) is 0 Å². The molecular weight excluding hydrogens is 256 g/mol. The topological polar surface area (TPSA) is 34.0 Å². The summed E-state index contributed by atoms with van der Waals surface area (Å²) in [5, 5.41) is 5.61. The first-order valence-corrected chi connectivity index (χ1v) is 7.69. The quantitative estimate of drug-likeness (QED) is 0.864. The molecule has 0 aliphatic carbocycles. The van der Waals surface area contributed by atoms with Crippen molar-refractivity contribution in [2.24, 2.45) is 5.92 Å². The minimum Gasteiger partial charge on any atom is -0.316 e. The van der Waals surface area contributed by atoms with Gasteiger partial charge in [-0.1, -0.05) is 6.07 Å². The zero-order valence-electron chi connectivity index (χ0n) is 10.6. The first-order valence-electron chi connectivity index (χ1n) is 6.81. The second-order valence-electron chi connectivity index (χ2n) is 5.52. The van der Waals surface area contributed by atoms with Gasteiger partial charge in [-0.3, -0.25) is 4.79 Å². The van der Waals surface area contributed by atoms with E-state index in [0.29, 0.717) is 11.8 Å². The highest BCUT2D eigenvalue weighted by Gasteiger charge is 2.32. The van der Waals surface area contributed by atoms with Gasteiger partial charge in [0.15, 0.2) is 0 Å². The average Bonchev–Trinajstić information content (AvgIpc) is 2.94. The second-order valence-corrected chi connectivity index (χ2v) is 6.46. The molecule has 1 saturated heterocycles. The molecule has 1 N–H and O–H groups in total. The third kappa shape index (κ3) is 1.78. The van der Waals surface area contributed by atoms with Crippen molar-refractivity contribution in [3.05, 3.63) is 45.7 Å². The van der Waals surface area contributed by atoms with E-state index >= 15 is 0 Å². The van der Waals surface area contributed by atoms with Gasteiger partial charge in [0.1, 0.15) is 0 Å². The lowest BCUT2D eigenvalue weighted by Gasteiger charge is -2.38. The van der Waals surface area contributed by atoms with E-state index < -0.39 is 0 Å². The molecule has 0 amide bonds. The van der Waals surface area contributed by atoms with Crippen molar-refractivity contribution in [2.75, 3.05) is 13.1 Å². The lowest BCUT2D eigenvalue weighted by Crippen LogP contribution is -2.45. The first-order chi connectivity index (χ1) is 9.33. The van der Waals surface area contributed by atoms with Gasteiger partial charge in [0.05, 0.1) is 0 Å². The summed E-state index contributed by atoms with van der Waals surface area (Å²) < 4.78 is 2.02. The summed E-state index contributed by atoms with van der Waals surface area (Å²) in [5.41, 5.74) is 2.66. The van der Waals surface area contributed by atoms with E-state index in [1.165, 1.54) is 22.6 Å². The molecule has 4 rings (SSSR count). The van der Waals surface area contributed by atoms with Crippen molar-refractivity contribution in [1.29, 1.82) is 0 Å². The first kappa shape index (κ1) is 11.4. The third-order valence-electron chi connectivity index (χ3n) is 4.28. The molecule has 2 aliphatic heterocycles. The summed E-state index contributed by atoms with van der Waals surface area (Å²) >= 11 is 1.75. The number of pyridine rings is 1. The van der Waals surface area contributed by atoms with Crippen LogP contribution in [0.3, 0.4) is 0 Å². The number of rotatable bonds is 1. The van der Waals surface area contributed by atoms with Crippen molar-refractivity contribution in [3.8, 4) is 10.4 Å². The molecule has 2 aromatic heterocycles. The van der Waals surface area contributed by atoms with Gasteiger partial charge in [-0.15, -0.1) is 11.3 Å². The predicted molar refractivity (Wildman–Crippen MR) is 77.7 cm³/mol. The standard InChI is InChI=1S/C15H16N2OS/c18-14-4-3-12(13-2-1-5-19-13)15-11-6-10(7-16-8-11)9-17(14)15/h1-5,10-11,16H,6-9H2. The van der Waals surface area contributed by atoms with Crippen LogP contribution in [-0.2, 0) is 6.54 Å². The van der Waals surface area contributed by atoms with Crippen LogP contribution in [0.4, 0.5) is 0 Å². The molecule has 2 atom stereocenters. The van der Waals surface area contributed by atoms with Crippen molar-refractivity contribution in [2.45, 2.75) is 18.9 Å². The van der Waals surface area contributed by atoms with Gasteiger partial charge < -0.3 is 9.88 Å². The van der Waals surface area contributed by atoms with Gasteiger partial charge in [-0.25, -0.2) is 0 Å². The molecule has 2 aliphatic rings. The molecule has 0 spiro atoms. The van der Waals surface area contributed by atoms with E-state index in [9.17, 15) is 4.79 Å². The predicted octanol–water partition coefficient (Wildman–Crippen LogP) is 2.28. The van der Waals surface area contributed by atoms with Crippen LogP contribution in [0.25, 0.3) is 10.4 Å². The fraction of sp³-hybridized carbons (Fsp3) is 0.400. The highest BCUT2D eigenvalue weighted by molar-refractivity contribution is 7.13. The molecule has 0 radical (unpaired) electrons. The molecule has 4 heterocycles.